The molecule has 0 N–H and O–H groups in total. The molecule has 0 spiro atoms. The van der Waals surface area contributed by atoms with Crippen molar-refractivity contribution in [3.63, 3.8) is 0 Å². The van der Waals surface area contributed by atoms with Crippen LogP contribution in [0.15, 0.2) is 12.7 Å². The lowest BCUT2D eigenvalue weighted by Crippen LogP contribution is -2.28. The van der Waals surface area contributed by atoms with Crippen LogP contribution in [0.25, 0.3) is 0 Å². The monoisotopic (exact) mass is 182 g/mol. The van der Waals surface area contributed by atoms with Gasteiger partial charge in [-0.1, -0.05) is 13.0 Å². The summed E-state index contributed by atoms with van der Waals surface area (Å²) in [6, 6.07) is 0. The predicted molar refractivity (Wildman–Crippen MR) is 44.3 cm³/mol. The van der Waals surface area contributed by atoms with Crippen LogP contribution >= 0.6 is 11.6 Å². The zero-order valence-corrected chi connectivity index (χ0v) is 7.37. The molecule has 0 aliphatic rings. The molecule has 66 valence electrons. The molecule has 0 heterocycles. The van der Waals surface area contributed by atoms with E-state index in [0.29, 0.717) is 0 Å². The van der Waals surface area contributed by atoms with Crippen LogP contribution in [-0.4, -0.2) is 11.8 Å². The molecular formula is C8H13ClF2. The summed E-state index contributed by atoms with van der Waals surface area (Å²) in [5.41, 5.74) is 0. The summed E-state index contributed by atoms with van der Waals surface area (Å²) in [7, 11) is 0. The fraction of sp³-hybridized carbons (Fsp3) is 0.750. The van der Waals surface area contributed by atoms with Crippen LogP contribution in [0.1, 0.15) is 19.8 Å². The Morgan fingerprint density at radius 1 is 1.64 bits per heavy atom. The second kappa shape index (κ2) is 4.70. The lowest BCUT2D eigenvalue weighted by molar-refractivity contribution is -0.0519. The standard InChI is InChI=1S/C8H13ClF2/c1-3-5-7(6-9)8(10,11)4-2/h3,7H,1,4-6H2,2H3. The smallest absolute Gasteiger partial charge is 0.207 e. The van der Waals surface area contributed by atoms with Crippen molar-refractivity contribution in [3.05, 3.63) is 12.7 Å². The van der Waals surface area contributed by atoms with Gasteiger partial charge in [0.05, 0.1) is 0 Å². The minimum atomic E-state index is -2.64. The molecule has 0 saturated carbocycles. The third-order valence-electron chi connectivity index (χ3n) is 1.71. The molecule has 0 aliphatic carbocycles. The lowest BCUT2D eigenvalue weighted by Gasteiger charge is -2.22. The average Bonchev–Trinajstić information content (AvgIpc) is 2.00. The van der Waals surface area contributed by atoms with Crippen molar-refractivity contribution in [3.8, 4) is 0 Å². The van der Waals surface area contributed by atoms with E-state index < -0.39 is 11.8 Å². The second-order valence-corrected chi connectivity index (χ2v) is 2.80. The van der Waals surface area contributed by atoms with Gasteiger partial charge in [-0.2, -0.15) is 0 Å². The molecule has 1 atom stereocenters. The van der Waals surface area contributed by atoms with Crippen LogP contribution < -0.4 is 0 Å². The summed E-state index contributed by atoms with van der Waals surface area (Å²) in [6.45, 7) is 4.87. The molecule has 0 nitrogen and oxygen atoms in total. The third-order valence-corrected chi connectivity index (χ3v) is 2.08. The normalized spacial score (nSPS) is 14.5. The van der Waals surface area contributed by atoms with Crippen molar-refractivity contribution in [1.29, 1.82) is 0 Å². The molecule has 0 fully saturated rings. The Kier molecular flexibility index (Phi) is 4.66. The molecular weight excluding hydrogens is 170 g/mol. The highest BCUT2D eigenvalue weighted by Crippen LogP contribution is 2.31. The first kappa shape index (κ1) is 10.9. The first-order valence-corrected chi connectivity index (χ1v) is 4.16. The van der Waals surface area contributed by atoms with E-state index in [9.17, 15) is 8.78 Å². The van der Waals surface area contributed by atoms with Gasteiger partial charge in [0.2, 0.25) is 0 Å². The summed E-state index contributed by atoms with van der Waals surface area (Å²) in [4.78, 5) is 0. The highest BCUT2D eigenvalue weighted by Gasteiger charge is 2.35. The molecule has 0 aromatic heterocycles. The maximum absolute atomic E-state index is 12.9. The van der Waals surface area contributed by atoms with E-state index in [1.54, 1.807) is 0 Å². The van der Waals surface area contributed by atoms with Gasteiger partial charge in [0.15, 0.2) is 0 Å². The van der Waals surface area contributed by atoms with Crippen LogP contribution in [0.5, 0.6) is 0 Å². The largest absolute Gasteiger partial charge is 0.252 e. The summed E-state index contributed by atoms with van der Waals surface area (Å²) in [5.74, 6) is -3.41. The van der Waals surface area contributed by atoms with Gasteiger partial charge < -0.3 is 0 Å². The molecule has 0 rings (SSSR count). The summed E-state index contributed by atoms with van der Waals surface area (Å²) in [6.07, 6.45) is 1.61. The van der Waals surface area contributed by atoms with Crippen molar-refractivity contribution in [2.24, 2.45) is 5.92 Å². The van der Waals surface area contributed by atoms with E-state index in [1.807, 2.05) is 0 Å². The number of alkyl halides is 3. The highest BCUT2D eigenvalue weighted by atomic mass is 35.5. The van der Waals surface area contributed by atoms with Crippen molar-refractivity contribution < 1.29 is 8.78 Å². The maximum atomic E-state index is 12.9. The molecule has 3 heteroatoms. The maximum Gasteiger partial charge on any atom is 0.252 e. The van der Waals surface area contributed by atoms with Gasteiger partial charge in [-0.3, -0.25) is 0 Å². The molecule has 0 aromatic carbocycles. The zero-order valence-electron chi connectivity index (χ0n) is 6.62. The van der Waals surface area contributed by atoms with Crippen LogP contribution in [0.4, 0.5) is 8.78 Å². The van der Waals surface area contributed by atoms with Crippen molar-refractivity contribution in [1.82, 2.24) is 0 Å². The molecule has 1 unspecified atom stereocenters. The summed E-state index contributed by atoms with van der Waals surface area (Å²) in [5, 5.41) is 0. The lowest BCUT2D eigenvalue weighted by atomic mass is 9.98. The number of halogens is 3. The summed E-state index contributed by atoms with van der Waals surface area (Å²) < 4.78 is 25.7. The van der Waals surface area contributed by atoms with Crippen molar-refractivity contribution >= 4 is 11.6 Å². The topological polar surface area (TPSA) is 0 Å². The molecule has 0 aromatic rings. The Morgan fingerprint density at radius 3 is 2.45 bits per heavy atom. The minimum Gasteiger partial charge on any atom is -0.207 e. The number of allylic oxidation sites excluding steroid dienone is 1. The fourth-order valence-corrected chi connectivity index (χ4v) is 1.19. The second-order valence-electron chi connectivity index (χ2n) is 2.49. The van der Waals surface area contributed by atoms with E-state index in [0.717, 1.165) is 0 Å². The zero-order chi connectivity index (χ0) is 8.91. The average molecular weight is 183 g/mol. The first-order valence-electron chi connectivity index (χ1n) is 3.63. The Balaban J connectivity index is 4.10. The number of rotatable bonds is 5. The van der Waals surface area contributed by atoms with Crippen LogP contribution in [0.2, 0.25) is 0 Å². The molecule has 0 aliphatic heterocycles. The Hall–Kier alpha value is -0.110. The molecule has 0 saturated heterocycles. The molecule has 0 bridgehead atoms. The van der Waals surface area contributed by atoms with E-state index in [2.05, 4.69) is 6.58 Å². The predicted octanol–water partition coefficient (Wildman–Crippen LogP) is 3.46. The van der Waals surface area contributed by atoms with Crippen molar-refractivity contribution in [2.45, 2.75) is 25.7 Å². The van der Waals surface area contributed by atoms with Crippen molar-refractivity contribution in [2.75, 3.05) is 5.88 Å². The molecule has 0 amide bonds. The summed E-state index contributed by atoms with van der Waals surface area (Å²) >= 11 is 5.38. The number of hydrogen-bond donors (Lipinski definition) is 0. The Morgan fingerprint density at radius 2 is 2.18 bits per heavy atom. The third kappa shape index (κ3) is 3.19. The fourth-order valence-electron chi connectivity index (χ4n) is 0.838. The molecule has 0 radical (unpaired) electrons. The van der Waals surface area contributed by atoms with Crippen LogP contribution in [-0.2, 0) is 0 Å². The van der Waals surface area contributed by atoms with E-state index in [4.69, 9.17) is 11.6 Å². The SMILES string of the molecule is C=CCC(CCl)C(F)(F)CC. The van der Waals surface area contributed by atoms with Gasteiger partial charge in [-0.05, 0) is 6.42 Å². The van der Waals surface area contributed by atoms with Gasteiger partial charge in [-0.25, -0.2) is 8.78 Å². The highest BCUT2D eigenvalue weighted by molar-refractivity contribution is 6.18. The Labute approximate surface area is 71.2 Å². The van der Waals surface area contributed by atoms with Gasteiger partial charge >= 0.3 is 0 Å². The van der Waals surface area contributed by atoms with Gasteiger partial charge in [0.1, 0.15) is 0 Å². The number of hydrogen-bond acceptors (Lipinski definition) is 0. The first-order chi connectivity index (χ1) is 5.08. The Bertz CT molecular complexity index is 123. The molecule has 11 heavy (non-hydrogen) atoms. The van der Waals surface area contributed by atoms with E-state index in [1.165, 1.54) is 13.0 Å². The van der Waals surface area contributed by atoms with E-state index >= 15 is 0 Å². The van der Waals surface area contributed by atoms with Gasteiger partial charge in [0.25, 0.3) is 5.92 Å². The van der Waals surface area contributed by atoms with Gasteiger partial charge in [-0.15, -0.1) is 18.2 Å². The van der Waals surface area contributed by atoms with Crippen LogP contribution in [0, 0.1) is 5.92 Å². The van der Waals surface area contributed by atoms with Crippen LogP contribution in [0.3, 0.4) is 0 Å². The van der Waals surface area contributed by atoms with Gasteiger partial charge in [0, 0.05) is 18.2 Å². The quantitative estimate of drug-likeness (QED) is 0.451. The minimum absolute atomic E-state index is 0.00708. The van der Waals surface area contributed by atoms with E-state index in [-0.39, 0.29) is 18.7 Å².